The van der Waals surface area contributed by atoms with Crippen molar-refractivity contribution in [1.29, 1.82) is 0 Å². The summed E-state index contributed by atoms with van der Waals surface area (Å²) >= 11 is 9.42. The third-order valence-corrected chi connectivity index (χ3v) is 5.10. The van der Waals surface area contributed by atoms with E-state index in [1.54, 1.807) is 28.9 Å². The second-order valence-corrected chi connectivity index (χ2v) is 6.89. The van der Waals surface area contributed by atoms with E-state index in [2.05, 4.69) is 34.4 Å². The van der Waals surface area contributed by atoms with Gasteiger partial charge in [0.05, 0.1) is 23.2 Å². The molecule has 0 amide bonds. The second-order valence-electron chi connectivity index (χ2n) is 4.27. The number of aryl methyl sites for hydroxylation is 1. The molecule has 6 heteroatoms. The van der Waals surface area contributed by atoms with Crippen molar-refractivity contribution in [2.24, 2.45) is 7.05 Å². The first-order chi connectivity index (χ1) is 9.13. The second kappa shape index (κ2) is 5.07. The SMILES string of the molecule is Cc1ccc(-c2csc(Cc3ncc(Cl)n3C)n2)s1. The highest BCUT2D eigenvalue weighted by Crippen LogP contribution is 2.29. The van der Waals surface area contributed by atoms with Gasteiger partial charge in [0.25, 0.3) is 0 Å². The number of hydrogen-bond acceptors (Lipinski definition) is 4. The number of thiazole rings is 1. The Labute approximate surface area is 124 Å². The van der Waals surface area contributed by atoms with Crippen LogP contribution >= 0.6 is 34.3 Å². The molecule has 3 heterocycles. The van der Waals surface area contributed by atoms with Gasteiger partial charge in [0.1, 0.15) is 16.0 Å². The molecular formula is C13H12ClN3S2. The van der Waals surface area contributed by atoms with E-state index in [4.69, 9.17) is 11.6 Å². The van der Waals surface area contributed by atoms with Crippen LogP contribution in [0.5, 0.6) is 0 Å². The molecule has 3 aromatic rings. The predicted octanol–water partition coefficient (Wildman–Crippen LogP) is 4.16. The Balaban J connectivity index is 1.84. The molecule has 0 radical (unpaired) electrons. The molecule has 0 fully saturated rings. The summed E-state index contributed by atoms with van der Waals surface area (Å²) in [5, 5.41) is 3.82. The van der Waals surface area contributed by atoms with Crippen molar-refractivity contribution in [1.82, 2.24) is 14.5 Å². The van der Waals surface area contributed by atoms with Crippen LogP contribution < -0.4 is 0 Å². The van der Waals surface area contributed by atoms with Crippen LogP contribution in [0.1, 0.15) is 15.7 Å². The van der Waals surface area contributed by atoms with Gasteiger partial charge in [-0.05, 0) is 19.1 Å². The van der Waals surface area contributed by atoms with Crippen molar-refractivity contribution in [3.8, 4) is 10.6 Å². The Kier molecular flexibility index (Phi) is 3.43. The summed E-state index contributed by atoms with van der Waals surface area (Å²) < 4.78 is 1.89. The molecule has 0 aliphatic heterocycles. The summed E-state index contributed by atoms with van der Waals surface area (Å²) in [5.74, 6) is 0.938. The molecule has 0 saturated heterocycles. The minimum absolute atomic E-state index is 0.653. The van der Waals surface area contributed by atoms with Crippen molar-refractivity contribution < 1.29 is 0 Å². The van der Waals surface area contributed by atoms with Gasteiger partial charge in [-0.25, -0.2) is 9.97 Å². The average molecular weight is 310 g/mol. The van der Waals surface area contributed by atoms with Crippen molar-refractivity contribution in [3.05, 3.63) is 44.6 Å². The number of hydrogen-bond donors (Lipinski definition) is 0. The zero-order valence-electron chi connectivity index (χ0n) is 10.6. The summed E-state index contributed by atoms with van der Waals surface area (Å²) in [6.45, 7) is 2.11. The fourth-order valence-corrected chi connectivity index (χ4v) is 3.64. The first kappa shape index (κ1) is 12.8. The van der Waals surface area contributed by atoms with E-state index in [-0.39, 0.29) is 0 Å². The zero-order valence-corrected chi connectivity index (χ0v) is 12.9. The predicted molar refractivity (Wildman–Crippen MR) is 81.2 cm³/mol. The van der Waals surface area contributed by atoms with Gasteiger partial charge in [-0.3, -0.25) is 0 Å². The van der Waals surface area contributed by atoms with Crippen molar-refractivity contribution in [2.45, 2.75) is 13.3 Å². The molecule has 0 spiro atoms. The van der Waals surface area contributed by atoms with Crippen LogP contribution in [0.25, 0.3) is 10.6 Å². The summed E-state index contributed by atoms with van der Waals surface area (Å²) in [6, 6.07) is 4.24. The minimum atomic E-state index is 0.653. The highest BCUT2D eigenvalue weighted by Gasteiger charge is 2.10. The van der Waals surface area contributed by atoms with Crippen LogP contribution in [-0.4, -0.2) is 14.5 Å². The number of halogens is 1. The van der Waals surface area contributed by atoms with Gasteiger partial charge in [0, 0.05) is 17.3 Å². The van der Waals surface area contributed by atoms with E-state index >= 15 is 0 Å². The molecule has 3 aromatic heterocycles. The lowest BCUT2D eigenvalue weighted by molar-refractivity contribution is 0.820. The average Bonchev–Trinajstić information content (AvgIpc) is 3.07. The lowest BCUT2D eigenvalue weighted by atomic mass is 10.3. The number of imidazole rings is 1. The monoisotopic (exact) mass is 309 g/mol. The first-order valence-corrected chi connectivity index (χ1v) is 7.88. The van der Waals surface area contributed by atoms with Crippen LogP contribution in [0.4, 0.5) is 0 Å². The third-order valence-electron chi connectivity index (χ3n) is 2.88. The Morgan fingerprint density at radius 3 is 2.84 bits per heavy atom. The normalized spacial score (nSPS) is 11.1. The largest absolute Gasteiger partial charge is 0.322 e. The minimum Gasteiger partial charge on any atom is -0.322 e. The number of thiophene rings is 1. The molecule has 0 atom stereocenters. The summed E-state index contributed by atoms with van der Waals surface area (Å²) in [6.07, 6.45) is 2.40. The van der Waals surface area contributed by atoms with E-state index in [1.807, 2.05) is 11.6 Å². The van der Waals surface area contributed by atoms with Crippen molar-refractivity contribution in [3.63, 3.8) is 0 Å². The van der Waals surface area contributed by atoms with E-state index in [0.29, 0.717) is 5.15 Å². The van der Waals surface area contributed by atoms with E-state index in [0.717, 1.165) is 22.9 Å². The van der Waals surface area contributed by atoms with Crippen LogP contribution in [0.2, 0.25) is 5.15 Å². The fraction of sp³-hybridized carbons (Fsp3) is 0.231. The van der Waals surface area contributed by atoms with Crippen LogP contribution in [-0.2, 0) is 13.5 Å². The molecule has 0 bridgehead atoms. The smallest absolute Gasteiger partial charge is 0.128 e. The fourth-order valence-electron chi connectivity index (χ4n) is 1.80. The molecule has 98 valence electrons. The number of nitrogens with zero attached hydrogens (tertiary/aromatic N) is 3. The Hall–Kier alpha value is -1.17. The maximum absolute atomic E-state index is 5.98. The number of aromatic nitrogens is 3. The van der Waals surface area contributed by atoms with Crippen LogP contribution in [0.3, 0.4) is 0 Å². The maximum Gasteiger partial charge on any atom is 0.128 e. The molecule has 19 heavy (non-hydrogen) atoms. The van der Waals surface area contributed by atoms with Crippen LogP contribution in [0, 0.1) is 6.92 Å². The summed E-state index contributed by atoms with van der Waals surface area (Å²) in [4.78, 5) is 11.5. The highest BCUT2D eigenvalue weighted by atomic mass is 35.5. The zero-order chi connectivity index (χ0) is 13.4. The van der Waals surface area contributed by atoms with Gasteiger partial charge in [0.15, 0.2) is 0 Å². The molecule has 0 unspecified atom stereocenters. The van der Waals surface area contributed by atoms with Gasteiger partial charge in [-0.2, -0.15) is 0 Å². The topological polar surface area (TPSA) is 30.7 Å². The molecular weight excluding hydrogens is 298 g/mol. The Bertz CT molecular complexity index is 711. The van der Waals surface area contributed by atoms with E-state index in [9.17, 15) is 0 Å². The molecule has 0 aliphatic rings. The number of rotatable bonds is 3. The molecule has 3 rings (SSSR count). The molecule has 0 aliphatic carbocycles. The molecule has 0 aromatic carbocycles. The highest BCUT2D eigenvalue weighted by molar-refractivity contribution is 7.16. The molecule has 0 N–H and O–H groups in total. The van der Waals surface area contributed by atoms with Gasteiger partial charge in [0.2, 0.25) is 0 Å². The third kappa shape index (κ3) is 2.59. The maximum atomic E-state index is 5.98. The van der Waals surface area contributed by atoms with Gasteiger partial charge in [-0.15, -0.1) is 22.7 Å². The van der Waals surface area contributed by atoms with E-state index < -0.39 is 0 Å². The summed E-state index contributed by atoms with van der Waals surface area (Å²) in [7, 11) is 1.92. The molecule has 0 saturated carbocycles. The standard InChI is InChI=1S/C13H12ClN3S2/c1-8-3-4-10(19-8)9-7-18-13(16-9)5-12-15-6-11(14)17(12)2/h3-4,6-7H,5H2,1-2H3. The Morgan fingerprint density at radius 1 is 1.37 bits per heavy atom. The van der Waals surface area contributed by atoms with E-state index in [1.165, 1.54) is 9.75 Å². The molecule has 3 nitrogen and oxygen atoms in total. The van der Waals surface area contributed by atoms with Gasteiger partial charge < -0.3 is 4.57 Å². The van der Waals surface area contributed by atoms with Gasteiger partial charge >= 0.3 is 0 Å². The lowest BCUT2D eigenvalue weighted by Gasteiger charge is -1.99. The lowest BCUT2D eigenvalue weighted by Crippen LogP contribution is -1.98. The van der Waals surface area contributed by atoms with Gasteiger partial charge in [-0.1, -0.05) is 11.6 Å². The summed E-state index contributed by atoms with van der Waals surface area (Å²) in [5.41, 5.74) is 1.05. The van der Waals surface area contributed by atoms with Crippen molar-refractivity contribution in [2.75, 3.05) is 0 Å². The quantitative estimate of drug-likeness (QED) is 0.727. The van der Waals surface area contributed by atoms with Crippen molar-refractivity contribution >= 4 is 34.3 Å². The first-order valence-electron chi connectivity index (χ1n) is 5.81. The van der Waals surface area contributed by atoms with Crippen LogP contribution in [0.15, 0.2) is 23.7 Å². The Morgan fingerprint density at radius 2 is 2.21 bits per heavy atom.